The van der Waals surface area contributed by atoms with Gasteiger partial charge in [-0.1, -0.05) is 0 Å². The summed E-state index contributed by atoms with van der Waals surface area (Å²) in [6, 6.07) is -0.540. The molecule has 0 aliphatic heterocycles. The molecule has 78 valence electrons. The molecule has 2 aromatic heterocycles. The number of nitrogens with zero attached hydrogens (tertiary/aromatic N) is 3. The maximum atomic E-state index is 10.5. The summed E-state index contributed by atoms with van der Waals surface area (Å²) in [6.45, 7) is 0. The van der Waals surface area contributed by atoms with Gasteiger partial charge in [0.15, 0.2) is 0 Å². The molecule has 0 bridgehead atoms. The fraction of sp³-hybridized carbons (Fsp3) is 0.222. The molecule has 0 fully saturated rings. The van der Waals surface area contributed by atoms with E-state index in [-0.39, 0.29) is 6.42 Å². The first kappa shape index (κ1) is 9.60. The zero-order chi connectivity index (χ0) is 10.8. The SMILES string of the molecule is NC(CC(=O)O)c1cnc2nccn2c1. The van der Waals surface area contributed by atoms with Crippen molar-refractivity contribution in [3.8, 4) is 0 Å². The van der Waals surface area contributed by atoms with Gasteiger partial charge in [0.2, 0.25) is 5.78 Å². The van der Waals surface area contributed by atoms with Crippen molar-refractivity contribution in [3.05, 3.63) is 30.4 Å². The summed E-state index contributed by atoms with van der Waals surface area (Å²) in [7, 11) is 0. The van der Waals surface area contributed by atoms with Crippen LogP contribution in [0.25, 0.3) is 5.78 Å². The van der Waals surface area contributed by atoms with Gasteiger partial charge < -0.3 is 10.8 Å². The Labute approximate surface area is 85.4 Å². The Morgan fingerprint density at radius 3 is 3.13 bits per heavy atom. The van der Waals surface area contributed by atoms with Crippen LogP contribution in [-0.4, -0.2) is 25.4 Å². The van der Waals surface area contributed by atoms with E-state index in [0.29, 0.717) is 11.3 Å². The zero-order valence-electron chi connectivity index (χ0n) is 7.87. The van der Waals surface area contributed by atoms with Crippen molar-refractivity contribution in [1.82, 2.24) is 14.4 Å². The highest BCUT2D eigenvalue weighted by Crippen LogP contribution is 2.12. The van der Waals surface area contributed by atoms with Gasteiger partial charge in [-0.2, -0.15) is 0 Å². The fourth-order valence-corrected chi connectivity index (χ4v) is 1.33. The Bertz CT molecular complexity index is 494. The lowest BCUT2D eigenvalue weighted by Crippen LogP contribution is -2.15. The number of hydrogen-bond acceptors (Lipinski definition) is 4. The van der Waals surface area contributed by atoms with Crippen LogP contribution in [0.3, 0.4) is 0 Å². The first-order chi connectivity index (χ1) is 7.16. The molecule has 2 heterocycles. The lowest BCUT2D eigenvalue weighted by molar-refractivity contribution is -0.137. The van der Waals surface area contributed by atoms with Gasteiger partial charge in [0.05, 0.1) is 6.42 Å². The summed E-state index contributed by atoms with van der Waals surface area (Å²) in [5.41, 5.74) is 6.38. The molecule has 2 rings (SSSR count). The summed E-state index contributed by atoms with van der Waals surface area (Å²) >= 11 is 0. The van der Waals surface area contributed by atoms with Crippen molar-refractivity contribution in [3.63, 3.8) is 0 Å². The highest BCUT2D eigenvalue weighted by atomic mass is 16.4. The second-order valence-electron chi connectivity index (χ2n) is 3.23. The number of aliphatic carboxylic acids is 1. The van der Waals surface area contributed by atoms with Crippen molar-refractivity contribution in [2.45, 2.75) is 12.5 Å². The van der Waals surface area contributed by atoms with E-state index in [1.165, 1.54) is 0 Å². The monoisotopic (exact) mass is 206 g/mol. The van der Waals surface area contributed by atoms with Crippen LogP contribution in [0.15, 0.2) is 24.8 Å². The van der Waals surface area contributed by atoms with Crippen molar-refractivity contribution in [2.24, 2.45) is 5.73 Å². The molecule has 1 unspecified atom stereocenters. The van der Waals surface area contributed by atoms with Gasteiger partial charge in [-0.25, -0.2) is 9.97 Å². The van der Waals surface area contributed by atoms with E-state index in [0.717, 1.165) is 0 Å². The molecule has 0 saturated heterocycles. The second-order valence-corrected chi connectivity index (χ2v) is 3.23. The third kappa shape index (κ3) is 1.94. The van der Waals surface area contributed by atoms with Gasteiger partial charge in [0, 0.05) is 36.4 Å². The number of fused-ring (bicyclic) bond motifs is 1. The number of carboxylic acids is 1. The molecule has 2 aromatic rings. The van der Waals surface area contributed by atoms with Gasteiger partial charge in [0.25, 0.3) is 0 Å². The lowest BCUT2D eigenvalue weighted by Gasteiger charge is -2.08. The number of nitrogens with two attached hydrogens (primary N) is 1. The lowest BCUT2D eigenvalue weighted by atomic mass is 10.1. The largest absolute Gasteiger partial charge is 0.481 e. The molecule has 3 N–H and O–H groups in total. The maximum absolute atomic E-state index is 10.5. The zero-order valence-corrected chi connectivity index (χ0v) is 7.87. The normalized spacial score (nSPS) is 12.9. The molecule has 0 saturated carbocycles. The topological polar surface area (TPSA) is 93.5 Å². The van der Waals surface area contributed by atoms with Gasteiger partial charge in [-0.3, -0.25) is 9.20 Å². The van der Waals surface area contributed by atoms with Crippen molar-refractivity contribution >= 4 is 11.7 Å². The Morgan fingerprint density at radius 1 is 1.60 bits per heavy atom. The maximum Gasteiger partial charge on any atom is 0.305 e. The first-order valence-electron chi connectivity index (χ1n) is 4.43. The van der Waals surface area contributed by atoms with E-state index < -0.39 is 12.0 Å². The number of carbonyl (C=O) groups is 1. The minimum absolute atomic E-state index is 0.109. The van der Waals surface area contributed by atoms with Crippen molar-refractivity contribution in [1.29, 1.82) is 0 Å². The van der Waals surface area contributed by atoms with Crippen LogP contribution >= 0.6 is 0 Å². The van der Waals surface area contributed by atoms with Crippen LogP contribution in [0.1, 0.15) is 18.0 Å². The standard InChI is InChI=1S/C9H10N4O2/c10-7(3-8(14)15)6-4-12-9-11-1-2-13(9)5-6/h1-2,4-5,7H,3,10H2,(H,14,15). The Balaban J connectivity index is 2.30. The fourth-order valence-electron chi connectivity index (χ4n) is 1.33. The third-order valence-corrected chi connectivity index (χ3v) is 2.09. The summed E-state index contributed by atoms with van der Waals surface area (Å²) in [6.07, 6.45) is 6.54. The highest BCUT2D eigenvalue weighted by molar-refractivity contribution is 5.67. The van der Waals surface area contributed by atoms with Gasteiger partial charge in [0.1, 0.15) is 0 Å². The van der Waals surface area contributed by atoms with E-state index in [1.54, 1.807) is 29.2 Å². The van der Waals surface area contributed by atoms with Gasteiger partial charge >= 0.3 is 5.97 Å². The van der Waals surface area contributed by atoms with Gasteiger partial charge in [-0.05, 0) is 0 Å². The summed E-state index contributed by atoms with van der Waals surface area (Å²) < 4.78 is 1.71. The molecule has 6 heteroatoms. The van der Waals surface area contributed by atoms with Crippen LogP contribution in [0.4, 0.5) is 0 Å². The minimum atomic E-state index is -0.923. The second kappa shape index (κ2) is 3.66. The summed E-state index contributed by atoms with van der Waals surface area (Å²) in [4.78, 5) is 18.5. The number of aromatic nitrogens is 3. The van der Waals surface area contributed by atoms with Crippen LogP contribution < -0.4 is 5.73 Å². The summed E-state index contributed by atoms with van der Waals surface area (Å²) in [5, 5.41) is 8.60. The number of carboxylic acid groups (broad SMARTS) is 1. The first-order valence-corrected chi connectivity index (χ1v) is 4.43. The molecule has 0 aliphatic carbocycles. The molecule has 6 nitrogen and oxygen atoms in total. The molecule has 0 amide bonds. The number of rotatable bonds is 3. The molecular weight excluding hydrogens is 196 g/mol. The number of hydrogen-bond donors (Lipinski definition) is 2. The highest BCUT2D eigenvalue weighted by Gasteiger charge is 2.11. The van der Waals surface area contributed by atoms with Crippen LogP contribution in [-0.2, 0) is 4.79 Å². The molecule has 0 aromatic carbocycles. The molecule has 0 radical (unpaired) electrons. The third-order valence-electron chi connectivity index (χ3n) is 2.09. The van der Waals surface area contributed by atoms with Crippen LogP contribution in [0, 0.1) is 0 Å². The predicted octanol–water partition coefficient (Wildman–Crippen LogP) is 0.204. The number of imidazole rings is 1. The molecule has 15 heavy (non-hydrogen) atoms. The van der Waals surface area contributed by atoms with Crippen molar-refractivity contribution in [2.75, 3.05) is 0 Å². The average Bonchev–Trinajstić information content (AvgIpc) is 2.62. The predicted molar refractivity (Wildman–Crippen MR) is 52.2 cm³/mol. The van der Waals surface area contributed by atoms with E-state index >= 15 is 0 Å². The van der Waals surface area contributed by atoms with E-state index in [4.69, 9.17) is 10.8 Å². The van der Waals surface area contributed by atoms with Crippen LogP contribution in [0.2, 0.25) is 0 Å². The van der Waals surface area contributed by atoms with Crippen molar-refractivity contribution < 1.29 is 9.90 Å². The molecule has 0 aliphatic rings. The molecule has 1 atom stereocenters. The Morgan fingerprint density at radius 2 is 2.40 bits per heavy atom. The smallest absolute Gasteiger partial charge is 0.305 e. The Kier molecular flexibility index (Phi) is 2.34. The van der Waals surface area contributed by atoms with E-state index in [2.05, 4.69) is 9.97 Å². The van der Waals surface area contributed by atoms with Gasteiger partial charge in [-0.15, -0.1) is 0 Å². The minimum Gasteiger partial charge on any atom is -0.481 e. The average molecular weight is 206 g/mol. The molecular formula is C9H10N4O2. The Hall–Kier alpha value is -1.95. The molecule has 0 spiro atoms. The van der Waals surface area contributed by atoms with E-state index in [9.17, 15) is 4.79 Å². The van der Waals surface area contributed by atoms with E-state index in [1.807, 2.05) is 0 Å². The van der Waals surface area contributed by atoms with Crippen LogP contribution in [0.5, 0.6) is 0 Å². The quantitative estimate of drug-likeness (QED) is 0.748. The summed E-state index contributed by atoms with van der Waals surface area (Å²) in [5.74, 6) is -0.352.